The predicted molar refractivity (Wildman–Crippen MR) is 86.8 cm³/mol. The number of thiazole rings is 1. The Kier molecular flexibility index (Phi) is 4.56. The fourth-order valence-electron chi connectivity index (χ4n) is 2.02. The Balaban J connectivity index is 1.60. The van der Waals surface area contributed by atoms with E-state index in [1.54, 1.807) is 11.6 Å². The van der Waals surface area contributed by atoms with Crippen molar-refractivity contribution in [2.75, 3.05) is 0 Å². The van der Waals surface area contributed by atoms with E-state index in [1.807, 2.05) is 48.5 Å². The molecule has 0 unspecified atom stereocenters. The second-order valence-electron chi connectivity index (χ2n) is 4.79. The van der Waals surface area contributed by atoms with Crippen molar-refractivity contribution in [2.45, 2.75) is 13.0 Å². The molecule has 0 atom stereocenters. The number of hydrogen-bond acceptors (Lipinski definition) is 4. The smallest absolute Gasteiger partial charge is 0.271 e. The normalized spacial score (nSPS) is 10.4. The molecule has 1 amide bonds. The molecule has 0 aliphatic rings. The molecule has 4 nitrogen and oxygen atoms in total. The number of amides is 1. The van der Waals surface area contributed by atoms with Crippen molar-refractivity contribution in [3.8, 4) is 0 Å². The Morgan fingerprint density at radius 1 is 1.09 bits per heavy atom. The summed E-state index contributed by atoms with van der Waals surface area (Å²) in [5, 5.41) is 5.56. The zero-order valence-electron chi connectivity index (χ0n) is 11.9. The van der Waals surface area contributed by atoms with Gasteiger partial charge in [-0.25, -0.2) is 4.98 Å². The Hall–Kier alpha value is -2.53. The van der Waals surface area contributed by atoms with Crippen molar-refractivity contribution in [1.82, 2.24) is 15.3 Å². The molecule has 0 spiro atoms. The van der Waals surface area contributed by atoms with Gasteiger partial charge >= 0.3 is 0 Å². The van der Waals surface area contributed by atoms with E-state index < -0.39 is 0 Å². The summed E-state index contributed by atoms with van der Waals surface area (Å²) in [5.74, 6) is -0.146. The van der Waals surface area contributed by atoms with E-state index in [9.17, 15) is 4.79 Å². The molecule has 3 aromatic rings. The highest BCUT2D eigenvalue weighted by Crippen LogP contribution is 2.13. The Morgan fingerprint density at radius 2 is 1.91 bits per heavy atom. The van der Waals surface area contributed by atoms with Gasteiger partial charge in [-0.15, -0.1) is 11.3 Å². The SMILES string of the molecule is O=C(NCc1ccccc1)c1csc(Cc2ccccn2)n1. The van der Waals surface area contributed by atoms with Gasteiger partial charge in [-0.2, -0.15) is 0 Å². The topological polar surface area (TPSA) is 54.9 Å². The van der Waals surface area contributed by atoms with E-state index in [0.717, 1.165) is 16.3 Å². The lowest BCUT2D eigenvalue weighted by atomic mass is 10.2. The molecule has 22 heavy (non-hydrogen) atoms. The maximum absolute atomic E-state index is 12.1. The lowest BCUT2D eigenvalue weighted by molar-refractivity contribution is 0.0946. The summed E-state index contributed by atoms with van der Waals surface area (Å²) in [6.45, 7) is 0.507. The standard InChI is InChI=1S/C17H15N3OS/c21-17(19-11-13-6-2-1-3-7-13)15-12-22-16(20-15)10-14-8-4-5-9-18-14/h1-9,12H,10-11H2,(H,19,21). The van der Waals surface area contributed by atoms with Crippen molar-refractivity contribution in [3.63, 3.8) is 0 Å². The van der Waals surface area contributed by atoms with Crippen molar-refractivity contribution < 1.29 is 4.79 Å². The second-order valence-corrected chi connectivity index (χ2v) is 5.74. The van der Waals surface area contributed by atoms with Crippen LogP contribution in [0.2, 0.25) is 0 Å². The number of nitrogens with one attached hydrogen (secondary N) is 1. The molecular formula is C17H15N3OS. The maximum atomic E-state index is 12.1. The van der Waals surface area contributed by atoms with E-state index in [-0.39, 0.29) is 5.91 Å². The van der Waals surface area contributed by atoms with E-state index >= 15 is 0 Å². The van der Waals surface area contributed by atoms with Gasteiger partial charge in [0.05, 0.1) is 5.01 Å². The third-order valence-electron chi connectivity index (χ3n) is 3.14. The average Bonchev–Trinajstić information content (AvgIpc) is 3.03. The number of nitrogens with zero attached hydrogens (tertiary/aromatic N) is 2. The minimum atomic E-state index is -0.146. The van der Waals surface area contributed by atoms with Crippen LogP contribution in [0.5, 0.6) is 0 Å². The van der Waals surface area contributed by atoms with Gasteiger partial charge in [0.15, 0.2) is 0 Å². The summed E-state index contributed by atoms with van der Waals surface area (Å²) in [6.07, 6.45) is 2.41. The number of benzene rings is 1. The number of rotatable bonds is 5. The highest BCUT2D eigenvalue weighted by Gasteiger charge is 2.11. The van der Waals surface area contributed by atoms with Gasteiger partial charge in [0, 0.05) is 30.2 Å². The van der Waals surface area contributed by atoms with E-state index in [1.165, 1.54) is 11.3 Å². The number of aromatic nitrogens is 2. The Labute approximate surface area is 132 Å². The molecule has 3 rings (SSSR count). The van der Waals surface area contributed by atoms with Crippen molar-refractivity contribution in [2.24, 2.45) is 0 Å². The van der Waals surface area contributed by atoms with Gasteiger partial charge in [-0.05, 0) is 17.7 Å². The van der Waals surface area contributed by atoms with Crippen LogP contribution in [0.25, 0.3) is 0 Å². The molecule has 0 fully saturated rings. The largest absolute Gasteiger partial charge is 0.347 e. The third-order valence-corrected chi connectivity index (χ3v) is 3.99. The van der Waals surface area contributed by atoms with Gasteiger partial charge in [-0.1, -0.05) is 36.4 Å². The number of carbonyl (C=O) groups is 1. The first-order valence-corrected chi connectivity index (χ1v) is 7.85. The van der Waals surface area contributed by atoms with Crippen LogP contribution in [-0.4, -0.2) is 15.9 Å². The van der Waals surface area contributed by atoms with Crippen LogP contribution in [0.15, 0.2) is 60.1 Å². The summed E-state index contributed by atoms with van der Waals surface area (Å²) in [7, 11) is 0. The molecule has 110 valence electrons. The molecule has 2 aromatic heterocycles. The molecule has 0 saturated heterocycles. The lowest BCUT2D eigenvalue weighted by Gasteiger charge is -2.02. The predicted octanol–water partition coefficient (Wildman–Crippen LogP) is 3.06. The van der Waals surface area contributed by atoms with E-state index in [0.29, 0.717) is 18.7 Å². The molecule has 0 saturated carbocycles. The van der Waals surface area contributed by atoms with Crippen LogP contribution < -0.4 is 5.32 Å². The average molecular weight is 309 g/mol. The van der Waals surface area contributed by atoms with Crippen LogP contribution in [0.3, 0.4) is 0 Å². The maximum Gasteiger partial charge on any atom is 0.271 e. The molecule has 1 aromatic carbocycles. The first-order valence-electron chi connectivity index (χ1n) is 6.98. The van der Waals surface area contributed by atoms with Crippen LogP contribution in [0.1, 0.15) is 26.8 Å². The van der Waals surface area contributed by atoms with E-state index in [2.05, 4.69) is 15.3 Å². The van der Waals surface area contributed by atoms with Gasteiger partial charge in [0.2, 0.25) is 0 Å². The van der Waals surface area contributed by atoms with Crippen molar-refractivity contribution in [3.05, 3.63) is 82.1 Å². The number of carbonyl (C=O) groups excluding carboxylic acids is 1. The third kappa shape index (κ3) is 3.77. The monoisotopic (exact) mass is 309 g/mol. The van der Waals surface area contributed by atoms with Gasteiger partial charge < -0.3 is 5.32 Å². The zero-order chi connectivity index (χ0) is 15.2. The van der Waals surface area contributed by atoms with Crippen molar-refractivity contribution in [1.29, 1.82) is 0 Å². The second kappa shape index (κ2) is 6.95. The molecule has 0 radical (unpaired) electrons. The quantitative estimate of drug-likeness (QED) is 0.788. The van der Waals surface area contributed by atoms with Crippen LogP contribution >= 0.6 is 11.3 Å². The summed E-state index contributed by atoms with van der Waals surface area (Å²) in [4.78, 5) is 20.8. The molecule has 5 heteroatoms. The summed E-state index contributed by atoms with van der Waals surface area (Å²) < 4.78 is 0. The van der Waals surface area contributed by atoms with Gasteiger partial charge in [0.1, 0.15) is 5.69 Å². The van der Waals surface area contributed by atoms with Crippen molar-refractivity contribution >= 4 is 17.2 Å². The molecular weight excluding hydrogens is 294 g/mol. The first kappa shape index (κ1) is 14.4. The van der Waals surface area contributed by atoms with Gasteiger partial charge in [0.25, 0.3) is 5.91 Å². The fourth-order valence-corrected chi connectivity index (χ4v) is 2.81. The first-order chi connectivity index (χ1) is 10.8. The Bertz CT molecular complexity index is 741. The fraction of sp³-hybridized carbons (Fsp3) is 0.118. The summed E-state index contributed by atoms with van der Waals surface area (Å²) >= 11 is 1.48. The molecule has 0 aliphatic heterocycles. The van der Waals surface area contributed by atoms with Crippen LogP contribution in [0.4, 0.5) is 0 Å². The lowest BCUT2D eigenvalue weighted by Crippen LogP contribution is -2.23. The Morgan fingerprint density at radius 3 is 2.68 bits per heavy atom. The highest BCUT2D eigenvalue weighted by molar-refractivity contribution is 7.09. The number of hydrogen-bond donors (Lipinski definition) is 1. The van der Waals surface area contributed by atoms with Crippen LogP contribution in [-0.2, 0) is 13.0 Å². The summed E-state index contributed by atoms with van der Waals surface area (Å²) in [6, 6.07) is 15.6. The molecule has 0 bridgehead atoms. The highest BCUT2D eigenvalue weighted by atomic mass is 32.1. The number of pyridine rings is 1. The molecule has 2 heterocycles. The molecule has 1 N–H and O–H groups in total. The molecule has 0 aliphatic carbocycles. The minimum Gasteiger partial charge on any atom is -0.347 e. The van der Waals surface area contributed by atoms with E-state index in [4.69, 9.17) is 0 Å². The minimum absolute atomic E-state index is 0.146. The van der Waals surface area contributed by atoms with Gasteiger partial charge in [-0.3, -0.25) is 9.78 Å². The van der Waals surface area contributed by atoms with Crippen LogP contribution in [0, 0.1) is 0 Å². The summed E-state index contributed by atoms with van der Waals surface area (Å²) in [5.41, 5.74) is 2.49. The zero-order valence-corrected chi connectivity index (χ0v) is 12.7.